The molecule has 40 heavy (non-hydrogen) atoms. The molecule has 2 fully saturated rings. The largest absolute Gasteiger partial charge is 0.375 e. The van der Waals surface area contributed by atoms with E-state index in [-0.39, 0.29) is 0 Å². The molecule has 3 atom stereocenters. The standard InChI is InChI=1S/C33H32N6O/c1-20-3-2-12-34-31(20)24-8-11-30(35-16-24)32-29-14-25(17-36-33(29)38-37-32)23-5-4-21-6-9-26(10-7-22(21)13-23)39-18-28-15-27(39)19-40-28/h2-5,8,11-14,16-17,26-28H,6-7,9-10,15,18-19H2,1H3,(H,36,37,38)/t26-,27-,28-/m0/s1. The van der Waals surface area contributed by atoms with Gasteiger partial charge >= 0.3 is 0 Å². The molecule has 6 heterocycles. The molecule has 0 unspecified atom stereocenters. The third-order valence-electron chi connectivity index (χ3n) is 9.16. The Balaban J connectivity index is 1.06. The Morgan fingerprint density at radius 3 is 2.55 bits per heavy atom. The summed E-state index contributed by atoms with van der Waals surface area (Å²) in [6, 6.07) is 18.6. The second-order valence-corrected chi connectivity index (χ2v) is 11.6. The van der Waals surface area contributed by atoms with Crippen LogP contribution in [0.15, 0.2) is 67.1 Å². The number of hydrogen-bond acceptors (Lipinski definition) is 6. The number of nitrogens with zero attached hydrogens (tertiary/aromatic N) is 5. The number of hydrogen-bond donors (Lipinski definition) is 1. The van der Waals surface area contributed by atoms with Crippen LogP contribution in [0.3, 0.4) is 0 Å². The molecule has 2 aliphatic heterocycles. The van der Waals surface area contributed by atoms with Crippen LogP contribution in [0.1, 0.15) is 36.0 Å². The number of pyridine rings is 3. The average Bonchev–Trinajstić information content (AvgIpc) is 3.70. The van der Waals surface area contributed by atoms with E-state index in [1.807, 2.05) is 30.7 Å². The van der Waals surface area contributed by atoms with Gasteiger partial charge in [-0.15, -0.1) is 0 Å². The van der Waals surface area contributed by atoms with E-state index >= 15 is 0 Å². The Bertz CT molecular complexity index is 1710. The number of fused-ring (bicyclic) bond motifs is 4. The zero-order chi connectivity index (χ0) is 26.6. The van der Waals surface area contributed by atoms with Gasteiger partial charge in [0.15, 0.2) is 5.65 Å². The average molecular weight is 529 g/mol. The first-order valence-corrected chi connectivity index (χ1v) is 14.4. The lowest BCUT2D eigenvalue weighted by atomic mass is 9.97. The van der Waals surface area contributed by atoms with Gasteiger partial charge in [-0.3, -0.25) is 20.0 Å². The smallest absolute Gasteiger partial charge is 0.181 e. The van der Waals surface area contributed by atoms with E-state index in [2.05, 4.69) is 63.4 Å². The molecule has 1 N–H and O–H groups in total. The zero-order valence-corrected chi connectivity index (χ0v) is 22.7. The van der Waals surface area contributed by atoms with Gasteiger partial charge < -0.3 is 4.74 Å². The first-order chi connectivity index (χ1) is 19.7. The predicted octanol–water partition coefficient (Wildman–Crippen LogP) is 5.78. The lowest BCUT2D eigenvalue weighted by Crippen LogP contribution is -2.44. The molecule has 7 nitrogen and oxygen atoms in total. The molecule has 2 saturated heterocycles. The molecule has 0 radical (unpaired) electrons. The number of aromatic nitrogens is 5. The van der Waals surface area contributed by atoms with Crippen molar-refractivity contribution < 1.29 is 4.74 Å². The molecule has 2 bridgehead atoms. The maximum Gasteiger partial charge on any atom is 0.181 e. The molecule has 200 valence electrons. The fourth-order valence-electron chi connectivity index (χ4n) is 7.00. The third-order valence-corrected chi connectivity index (χ3v) is 9.16. The van der Waals surface area contributed by atoms with E-state index in [0.29, 0.717) is 23.8 Å². The second kappa shape index (κ2) is 9.61. The Labute approximate surface area is 233 Å². The number of benzene rings is 1. The first kappa shape index (κ1) is 23.9. The van der Waals surface area contributed by atoms with Gasteiger partial charge in [0.25, 0.3) is 0 Å². The summed E-state index contributed by atoms with van der Waals surface area (Å²) in [5.41, 5.74) is 10.8. The van der Waals surface area contributed by atoms with Crippen molar-refractivity contribution in [2.75, 3.05) is 13.2 Å². The van der Waals surface area contributed by atoms with Gasteiger partial charge in [0.1, 0.15) is 0 Å². The van der Waals surface area contributed by atoms with Gasteiger partial charge in [-0.25, -0.2) is 4.98 Å². The fraction of sp³-hybridized carbons (Fsp3) is 0.333. The minimum atomic E-state index is 0.468. The minimum absolute atomic E-state index is 0.468. The van der Waals surface area contributed by atoms with E-state index < -0.39 is 0 Å². The van der Waals surface area contributed by atoms with Gasteiger partial charge in [0, 0.05) is 53.7 Å². The number of rotatable bonds is 4. The number of aryl methyl sites for hydroxylation is 3. The highest BCUT2D eigenvalue weighted by Crippen LogP contribution is 2.36. The summed E-state index contributed by atoms with van der Waals surface area (Å²) in [5.74, 6) is 0. The maximum absolute atomic E-state index is 5.86. The highest BCUT2D eigenvalue weighted by atomic mass is 16.5. The van der Waals surface area contributed by atoms with Crippen LogP contribution in [0.2, 0.25) is 0 Å². The first-order valence-electron chi connectivity index (χ1n) is 14.4. The molecule has 4 aromatic heterocycles. The monoisotopic (exact) mass is 528 g/mol. The molecule has 7 heteroatoms. The highest BCUT2D eigenvalue weighted by Gasteiger charge is 2.42. The van der Waals surface area contributed by atoms with Gasteiger partial charge in [-0.1, -0.05) is 24.3 Å². The quantitative estimate of drug-likeness (QED) is 0.298. The SMILES string of the molecule is Cc1cccnc1-c1ccc(-c2[nH]nc3ncc(-c4ccc5c(c4)CC[C@@H](N4C[C@@H]6C[C@H]4CO6)CC5)cc23)nc1. The topological polar surface area (TPSA) is 79.8 Å². The number of morpholine rings is 1. The Morgan fingerprint density at radius 1 is 0.875 bits per heavy atom. The molecular weight excluding hydrogens is 496 g/mol. The lowest BCUT2D eigenvalue weighted by Gasteiger charge is -2.34. The normalized spacial score (nSPS) is 22.5. The summed E-state index contributed by atoms with van der Waals surface area (Å²) >= 11 is 0. The molecule has 0 spiro atoms. The molecular formula is C33H32N6O. The third kappa shape index (κ3) is 4.12. The molecule has 0 amide bonds. The van der Waals surface area contributed by atoms with Crippen LogP contribution in [0, 0.1) is 6.92 Å². The van der Waals surface area contributed by atoms with Crippen molar-refractivity contribution in [2.45, 2.75) is 57.2 Å². The van der Waals surface area contributed by atoms with Crippen molar-refractivity contribution in [1.29, 1.82) is 0 Å². The molecule has 5 aromatic rings. The molecule has 3 aliphatic rings. The Hall–Kier alpha value is -3.94. The molecule has 8 rings (SSSR count). The van der Waals surface area contributed by atoms with Crippen LogP contribution < -0.4 is 0 Å². The van der Waals surface area contributed by atoms with Crippen LogP contribution in [-0.2, 0) is 17.6 Å². The molecule has 1 aliphatic carbocycles. The summed E-state index contributed by atoms with van der Waals surface area (Å²) in [6.07, 6.45) is 12.1. The van der Waals surface area contributed by atoms with Crippen molar-refractivity contribution in [2.24, 2.45) is 0 Å². The second-order valence-electron chi connectivity index (χ2n) is 11.6. The van der Waals surface area contributed by atoms with E-state index in [0.717, 1.165) is 65.2 Å². The van der Waals surface area contributed by atoms with E-state index in [1.54, 1.807) is 0 Å². The number of nitrogens with one attached hydrogen (secondary N) is 1. The van der Waals surface area contributed by atoms with Crippen LogP contribution in [0.25, 0.3) is 44.8 Å². The Morgan fingerprint density at radius 2 is 1.75 bits per heavy atom. The summed E-state index contributed by atoms with van der Waals surface area (Å²) < 4.78 is 5.86. The fourth-order valence-corrected chi connectivity index (χ4v) is 7.00. The lowest BCUT2D eigenvalue weighted by molar-refractivity contribution is 0.00854. The van der Waals surface area contributed by atoms with Crippen LogP contribution >= 0.6 is 0 Å². The highest BCUT2D eigenvalue weighted by molar-refractivity contribution is 5.92. The molecule has 1 aromatic carbocycles. The number of H-pyrrole nitrogens is 1. The van der Waals surface area contributed by atoms with Crippen molar-refractivity contribution in [3.8, 4) is 33.8 Å². The van der Waals surface area contributed by atoms with Gasteiger partial charge in [0.05, 0.1) is 29.8 Å². The molecule has 0 saturated carbocycles. The summed E-state index contributed by atoms with van der Waals surface area (Å²) in [5, 5.41) is 8.62. The minimum Gasteiger partial charge on any atom is -0.375 e. The van der Waals surface area contributed by atoms with E-state index in [9.17, 15) is 0 Å². The van der Waals surface area contributed by atoms with Crippen LogP contribution in [0.4, 0.5) is 0 Å². The van der Waals surface area contributed by atoms with Crippen molar-refractivity contribution in [3.05, 3.63) is 83.8 Å². The summed E-state index contributed by atoms with van der Waals surface area (Å²) in [6.45, 7) is 4.11. The van der Waals surface area contributed by atoms with Gasteiger partial charge in [-0.05, 0) is 85.5 Å². The van der Waals surface area contributed by atoms with E-state index in [1.165, 1.54) is 36.0 Å². The Kier molecular flexibility index (Phi) is 5.74. The van der Waals surface area contributed by atoms with Crippen molar-refractivity contribution in [3.63, 3.8) is 0 Å². The summed E-state index contributed by atoms with van der Waals surface area (Å²) in [4.78, 5) is 16.7. The van der Waals surface area contributed by atoms with Gasteiger partial charge in [-0.2, -0.15) is 5.10 Å². The van der Waals surface area contributed by atoms with Crippen molar-refractivity contribution >= 4 is 11.0 Å². The maximum atomic E-state index is 5.86. The summed E-state index contributed by atoms with van der Waals surface area (Å²) in [7, 11) is 0. The van der Waals surface area contributed by atoms with Crippen LogP contribution in [-0.4, -0.2) is 61.4 Å². The van der Waals surface area contributed by atoms with Crippen LogP contribution in [0.5, 0.6) is 0 Å². The predicted molar refractivity (Wildman–Crippen MR) is 156 cm³/mol. The number of ether oxygens (including phenoxy) is 1. The van der Waals surface area contributed by atoms with Gasteiger partial charge in [0.2, 0.25) is 0 Å². The zero-order valence-electron chi connectivity index (χ0n) is 22.7. The van der Waals surface area contributed by atoms with Crippen molar-refractivity contribution in [1.82, 2.24) is 30.0 Å². The number of likely N-dealkylation sites (tertiary alicyclic amines) is 1. The number of aromatic amines is 1. The van der Waals surface area contributed by atoms with E-state index in [4.69, 9.17) is 14.7 Å².